The number of carbonyl (C=O) groups is 1. The lowest BCUT2D eigenvalue weighted by Gasteiger charge is -1.97. The Bertz CT molecular complexity index is 147. The lowest BCUT2D eigenvalue weighted by atomic mass is 10.4. The summed E-state index contributed by atoms with van der Waals surface area (Å²) >= 11 is 6.96. The lowest BCUT2D eigenvalue weighted by Crippen LogP contribution is -1.92. The quantitative estimate of drug-likeness (QED) is 0.583. The molecule has 9 heavy (non-hydrogen) atoms. The van der Waals surface area contributed by atoms with Crippen molar-refractivity contribution in [2.75, 3.05) is 6.26 Å². The molecule has 0 aromatic heterocycles. The van der Waals surface area contributed by atoms with Crippen LogP contribution in [-0.4, -0.2) is 12.0 Å². The Labute approximate surface area is 64.5 Å². The van der Waals surface area contributed by atoms with Crippen molar-refractivity contribution in [3.8, 4) is 0 Å². The second-order valence-electron chi connectivity index (χ2n) is 1.62. The molecule has 0 spiro atoms. The number of carbonyl (C=O) groups excluding carboxylic acids is 1. The maximum atomic E-state index is 10.7. The average Bonchev–Trinajstić information content (AvgIpc) is 1.64. The summed E-state index contributed by atoms with van der Waals surface area (Å²) in [6.45, 7) is 3.23. The van der Waals surface area contributed by atoms with E-state index in [0.717, 1.165) is 0 Å². The number of hydrogen-bond donors (Lipinski definition) is 0. The summed E-state index contributed by atoms with van der Waals surface area (Å²) in [4.78, 5) is 11.3. The van der Waals surface area contributed by atoms with Gasteiger partial charge in [-0.15, -0.1) is 11.8 Å². The molecule has 0 saturated heterocycles. The Morgan fingerprint density at radius 1 is 1.44 bits per heavy atom. The monoisotopic (exact) mass is 164 g/mol. The zero-order valence-corrected chi connectivity index (χ0v) is 7.27. The van der Waals surface area contributed by atoms with E-state index in [2.05, 4.69) is 0 Å². The van der Waals surface area contributed by atoms with Gasteiger partial charge in [-0.1, -0.05) is 11.6 Å². The van der Waals surface area contributed by atoms with Crippen LogP contribution in [0.2, 0.25) is 0 Å². The summed E-state index contributed by atoms with van der Waals surface area (Å²) in [6.07, 6.45) is 1.84. The normalized spacial score (nSPS) is 12.9. The van der Waals surface area contributed by atoms with E-state index in [9.17, 15) is 4.79 Å². The van der Waals surface area contributed by atoms with Gasteiger partial charge in [0.1, 0.15) is 0 Å². The van der Waals surface area contributed by atoms with Crippen molar-refractivity contribution < 1.29 is 4.79 Å². The number of halogens is 1. The predicted molar refractivity (Wildman–Crippen MR) is 42.7 cm³/mol. The average molecular weight is 165 g/mol. The first-order valence-electron chi connectivity index (χ1n) is 2.51. The van der Waals surface area contributed by atoms with Gasteiger partial charge in [0.25, 0.3) is 0 Å². The lowest BCUT2D eigenvalue weighted by molar-refractivity contribution is -0.112. The van der Waals surface area contributed by atoms with E-state index >= 15 is 0 Å². The molecule has 0 rings (SSSR count). The van der Waals surface area contributed by atoms with Gasteiger partial charge in [-0.25, -0.2) is 0 Å². The second kappa shape index (κ2) is 3.96. The topological polar surface area (TPSA) is 17.1 Å². The van der Waals surface area contributed by atoms with E-state index in [1.165, 1.54) is 18.7 Å². The minimum absolute atomic E-state index is 0.0370. The molecular weight excluding hydrogens is 156 g/mol. The SMILES string of the molecule is CS/C(C(C)=O)=C(\C)Cl. The van der Waals surface area contributed by atoms with Crippen molar-refractivity contribution in [1.82, 2.24) is 0 Å². The molecule has 0 heterocycles. The molecule has 0 aromatic carbocycles. The molecule has 1 nitrogen and oxygen atoms in total. The van der Waals surface area contributed by atoms with Crippen molar-refractivity contribution in [2.24, 2.45) is 0 Å². The number of thioether (sulfide) groups is 1. The molecule has 0 N–H and O–H groups in total. The molecule has 0 unspecified atom stereocenters. The van der Waals surface area contributed by atoms with Crippen molar-refractivity contribution >= 4 is 29.1 Å². The van der Waals surface area contributed by atoms with Crippen molar-refractivity contribution in [2.45, 2.75) is 13.8 Å². The molecule has 0 aliphatic rings. The molecular formula is C6H9ClOS. The predicted octanol–water partition coefficient (Wildman–Crippen LogP) is 2.41. The van der Waals surface area contributed by atoms with E-state index in [1.807, 2.05) is 6.26 Å². The number of rotatable bonds is 2. The second-order valence-corrected chi connectivity index (χ2v) is 3.01. The zero-order chi connectivity index (χ0) is 7.44. The van der Waals surface area contributed by atoms with Crippen LogP contribution in [-0.2, 0) is 4.79 Å². The summed E-state index contributed by atoms with van der Waals surface area (Å²) in [6, 6.07) is 0. The molecule has 0 saturated carbocycles. The maximum absolute atomic E-state index is 10.7. The van der Waals surface area contributed by atoms with E-state index in [-0.39, 0.29) is 5.78 Å². The van der Waals surface area contributed by atoms with Gasteiger partial charge in [0.2, 0.25) is 0 Å². The van der Waals surface area contributed by atoms with E-state index in [4.69, 9.17) is 11.6 Å². The third-order valence-corrected chi connectivity index (χ3v) is 2.14. The first-order chi connectivity index (χ1) is 4.09. The number of ketones is 1. The highest BCUT2D eigenvalue weighted by Gasteiger charge is 2.03. The fourth-order valence-electron chi connectivity index (χ4n) is 0.527. The fourth-order valence-corrected chi connectivity index (χ4v) is 1.46. The summed E-state index contributed by atoms with van der Waals surface area (Å²) in [5.41, 5.74) is 0. The fraction of sp³-hybridized carbons (Fsp3) is 0.500. The van der Waals surface area contributed by atoms with Gasteiger partial charge < -0.3 is 0 Å². The van der Waals surface area contributed by atoms with E-state index in [0.29, 0.717) is 9.94 Å². The van der Waals surface area contributed by atoms with Gasteiger partial charge in [-0.2, -0.15) is 0 Å². The minimum Gasteiger partial charge on any atom is -0.294 e. The highest BCUT2D eigenvalue weighted by atomic mass is 35.5. The third-order valence-electron chi connectivity index (χ3n) is 0.837. The highest BCUT2D eigenvalue weighted by molar-refractivity contribution is 8.03. The standard InChI is InChI=1S/C6H9ClOS/c1-4(7)6(9-3)5(2)8/h1-3H3/b6-4+. The van der Waals surface area contributed by atoms with Crippen molar-refractivity contribution in [3.63, 3.8) is 0 Å². The Balaban J connectivity index is 4.35. The van der Waals surface area contributed by atoms with Crippen LogP contribution in [0, 0.1) is 0 Å². The molecule has 0 radical (unpaired) electrons. The molecule has 0 aliphatic carbocycles. The molecule has 0 amide bonds. The smallest absolute Gasteiger partial charge is 0.167 e. The molecule has 3 heteroatoms. The van der Waals surface area contributed by atoms with E-state index < -0.39 is 0 Å². The Hall–Kier alpha value is 0.0500. The highest BCUT2D eigenvalue weighted by Crippen LogP contribution is 2.19. The number of allylic oxidation sites excluding steroid dienone is 2. The molecule has 0 aromatic rings. The molecule has 0 atom stereocenters. The summed E-state index contributed by atoms with van der Waals surface area (Å²) in [5.74, 6) is 0.0370. The van der Waals surface area contributed by atoms with Crippen molar-refractivity contribution in [3.05, 3.63) is 9.94 Å². The van der Waals surface area contributed by atoms with Crippen LogP contribution in [0.1, 0.15) is 13.8 Å². The number of Topliss-reactive ketones (excluding diaryl/α,β-unsaturated/α-hetero) is 1. The largest absolute Gasteiger partial charge is 0.294 e. The van der Waals surface area contributed by atoms with Crippen LogP contribution in [0.4, 0.5) is 0 Å². The molecule has 0 bridgehead atoms. The Kier molecular flexibility index (Phi) is 3.98. The Morgan fingerprint density at radius 2 is 1.89 bits per heavy atom. The van der Waals surface area contributed by atoms with Crippen LogP contribution < -0.4 is 0 Å². The first kappa shape index (κ1) is 9.05. The van der Waals surface area contributed by atoms with Crippen molar-refractivity contribution in [1.29, 1.82) is 0 Å². The van der Waals surface area contributed by atoms with Gasteiger partial charge in [0, 0.05) is 5.03 Å². The van der Waals surface area contributed by atoms with Crippen LogP contribution in [0.25, 0.3) is 0 Å². The Morgan fingerprint density at radius 3 is 1.89 bits per heavy atom. The van der Waals surface area contributed by atoms with Gasteiger partial charge >= 0.3 is 0 Å². The van der Waals surface area contributed by atoms with Gasteiger partial charge in [-0.3, -0.25) is 4.79 Å². The van der Waals surface area contributed by atoms with Crippen LogP contribution in [0.5, 0.6) is 0 Å². The summed E-state index contributed by atoms with van der Waals surface area (Å²) in [7, 11) is 0. The molecule has 0 fully saturated rings. The maximum Gasteiger partial charge on any atom is 0.167 e. The molecule has 52 valence electrons. The third kappa shape index (κ3) is 2.92. The molecule has 0 aliphatic heterocycles. The van der Waals surface area contributed by atoms with E-state index in [1.54, 1.807) is 6.92 Å². The van der Waals surface area contributed by atoms with Crippen LogP contribution >= 0.6 is 23.4 Å². The van der Waals surface area contributed by atoms with Gasteiger partial charge in [-0.05, 0) is 20.1 Å². The zero-order valence-electron chi connectivity index (χ0n) is 5.69. The first-order valence-corrected chi connectivity index (χ1v) is 4.11. The van der Waals surface area contributed by atoms with Crippen LogP contribution in [0.3, 0.4) is 0 Å². The van der Waals surface area contributed by atoms with Gasteiger partial charge in [0.15, 0.2) is 5.78 Å². The summed E-state index contributed by atoms with van der Waals surface area (Å²) in [5, 5.41) is 0.579. The van der Waals surface area contributed by atoms with Crippen LogP contribution in [0.15, 0.2) is 9.94 Å². The number of hydrogen-bond acceptors (Lipinski definition) is 2. The van der Waals surface area contributed by atoms with Gasteiger partial charge in [0.05, 0.1) is 4.91 Å². The summed E-state index contributed by atoms with van der Waals surface area (Å²) < 4.78 is 0. The minimum atomic E-state index is 0.0370.